The third kappa shape index (κ3) is 3.33. The maximum atomic E-state index is 13.1. The van der Waals surface area contributed by atoms with Crippen LogP contribution >= 0.6 is 0 Å². The lowest BCUT2D eigenvalue weighted by atomic mass is 9.97. The van der Waals surface area contributed by atoms with Crippen LogP contribution in [0.4, 0.5) is 5.69 Å². The Morgan fingerprint density at radius 2 is 2.04 bits per heavy atom. The van der Waals surface area contributed by atoms with Crippen molar-refractivity contribution in [1.82, 2.24) is 15.2 Å². The summed E-state index contributed by atoms with van der Waals surface area (Å²) in [7, 11) is 3.82. The van der Waals surface area contributed by atoms with Crippen molar-refractivity contribution in [2.45, 2.75) is 13.0 Å². The molecule has 1 saturated heterocycles. The Morgan fingerprint density at radius 3 is 2.76 bits per heavy atom. The van der Waals surface area contributed by atoms with E-state index in [1.807, 2.05) is 56.3 Å². The van der Waals surface area contributed by atoms with Gasteiger partial charge in [0.2, 0.25) is 5.91 Å². The zero-order valence-electron chi connectivity index (χ0n) is 14.7. The second kappa shape index (κ2) is 6.93. The van der Waals surface area contributed by atoms with Crippen molar-refractivity contribution in [2.75, 3.05) is 32.1 Å². The molecule has 0 saturated carbocycles. The van der Waals surface area contributed by atoms with E-state index in [2.05, 4.69) is 10.3 Å². The van der Waals surface area contributed by atoms with Gasteiger partial charge in [0.15, 0.2) is 0 Å². The molecule has 1 aromatic heterocycles. The first-order valence-electron chi connectivity index (χ1n) is 8.26. The molecule has 0 unspecified atom stereocenters. The highest BCUT2D eigenvalue weighted by molar-refractivity contribution is 5.98. The molecule has 25 heavy (non-hydrogen) atoms. The summed E-state index contributed by atoms with van der Waals surface area (Å²) in [5.74, 6) is -0.385. The zero-order valence-corrected chi connectivity index (χ0v) is 14.7. The average Bonchev–Trinajstić information content (AvgIpc) is 2.62. The van der Waals surface area contributed by atoms with E-state index in [1.54, 1.807) is 17.2 Å². The van der Waals surface area contributed by atoms with Gasteiger partial charge in [0.25, 0.3) is 5.91 Å². The largest absolute Gasteiger partial charge is 0.378 e. The van der Waals surface area contributed by atoms with Crippen molar-refractivity contribution in [1.29, 1.82) is 0 Å². The fourth-order valence-electron chi connectivity index (χ4n) is 3.05. The fraction of sp³-hybridized carbons (Fsp3) is 0.316. The Kier molecular flexibility index (Phi) is 4.70. The van der Waals surface area contributed by atoms with E-state index in [0.29, 0.717) is 18.8 Å². The van der Waals surface area contributed by atoms with E-state index < -0.39 is 6.04 Å². The maximum Gasteiger partial charge on any atom is 0.273 e. The number of hydrogen-bond donors (Lipinski definition) is 1. The van der Waals surface area contributed by atoms with Gasteiger partial charge in [0.05, 0.1) is 0 Å². The average molecular weight is 338 g/mol. The summed E-state index contributed by atoms with van der Waals surface area (Å²) in [4.78, 5) is 33.4. The molecule has 3 rings (SSSR count). The molecular weight excluding hydrogens is 316 g/mol. The molecule has 1 aromatic carbocycles. The topological polar surface area (TPSA) is 65.5 Å². The van der Waals surface area contributed by atoms with Crippen molar-refractivity contribution in [2.24, 2.45) is 0 Å². The van der Waals surface area contributed by atoms with Gasteiger partial charge in [-0.25, -0.2) is 0 Å². The van der Waals surface area contributed by atoms with Gasteiger partial charge in [0, 0.05) is 39.1 Å². The number of aryl methyl sites for hydroxylation is 1. The monoisotopic (exact) mass is 338 g/mol. The predicted octanol–water partition coefficient (Wildman–Crippen LogP) is 1.77. The van der Waals surface area contributed by atoms with Crippen molar-refractivity contribution in [3.8, 4) is 0 Å². The van der Waals surface area contributed by atoms with Crippen LogP contribution in [0.25, 0.3) is 0 Å². The maximum absolute atomic E-state index is 13.1. The zero-order chi connectivity index (χ0) is 18.0. The minimum atomic E-state index is -0.632. The number of nitrogens with one attached hydrogen (secondary N) is 1. The van der Waals surface area contributed by atoms with Crippen LogP contribution in [0, 0.1) is 6.92 Å². The summed E-state index contributed by atoms with van der Waals surface area (Å²) in [6, 6.07) is 10.6. The van der Waals surface area contributed by atoms with Gasteiger partial charge in [-0.15, -0.1) is 0 Å². The first kappa shape index (κ1) is 17.0. The van der Waals surface area contributed by atoms with E-state index in [1.165, 1.54) is 0 Å². The van der Waals surface area contributed by atoms with Crippen molar-refractivity contribution >= 4 is 17.5 Å². The molecule has 1 atom stereocenters. The van der Waals surface area contributed by atoms with E-state index in [4.69, 9.17) is 0 Å². The van der Waals surface area contributed by atoms with Crippen LogP contribution in [0.5, 0.6) is 0 Å². The van der Waals surface area contributed by atoms with Crippen LogP contribution in [0.2, 0.25) is 0 Å². The summed E-state index contributed by atoms with van der Waals surface area (Å²) in [5.41, 5.74) is 3.07. The fourth-order valence-corrected chi connectivity index (χ4v) is 3.05. The van der Waals surface area contributed by atoms with Crippen LogP contribution in [-0.4, -0.2) is 48.9 Å². The molecule has 1 aliphatic heterocycles. The molecule has 6 nitrogen and oxygen atoms in total. The summed E-state index contributed by atoms with van der Waals surface area (Å²) in [6.07, 6.45) is 1.62. The highest BCUT2D eigenvalue weighted by Crippen LogP contribution is 2.27. The summed E-state index contributed by atoms with van der Waals surface area (Å²) >= 11 is 0. The molecule has 1 N–H and O–H groups in total. The van der Waals surface area contributed by atoms with Crippen molar-refractivity contribution in [3.63, 3.8) is 0 Å². The normalized spacial score (nSPS) is 17.2. The number of carbonyl (C=O) groups is 2. The van der Waals surface area contributed by atoms with Gasteiger partial charge in [-0.3, -0.25) is 14.6 Å². The molecule has 1 fully saturated rings. The molecule has 2 aromatic rings. The SMILES string of the molecule is Cc1ccccc1[C@H]1C(=O)NCCN1C(=O)c1cc(N(C)C)ccn1. The van der Waals surface area contributed by atoms with Crippen LogP contribution in [0.15, 0.2) is 42.6 Å². The Hall–Kier alpha value is -2.89. The molecule has 0 aliphatic carbocycles. The number of amides is 2. The number of anilines is 1. The van der Waals surface area contributed by atoms with Gasteiger partial charge >= 0.3 is 0 Å². The van der Waals surface area contributed by atoms with Crippen LogP contribution < -0.4 is 10.2 Å². The van der Waals surface area contributed by atoms with Gasteiger partial charge in [-0.1, -0.05) is 24.3 Å². The minimum absolute atomic E-state index is 0.155. The van der Waals surface area contributed by atoms with Crippen molar-refractivity contribution < 1.29 is 9.59 Å². The van der Waals surface area contributed by atoms with Crippen LogP contribution in [0.3, 0.4) is 0 Å². The van der Waals surface area contributed by atoms with Crippen LogP contribution in [0.1, 0.15) is 27.7 Å². The van der Waals surface area contributed by atoms with E-state index >= 15 is 0 Å². The Bertz CT molecular complexity index is 804. The summed E-state index contributed by atoms with van der Waals surface area (Å²) in [5, 5.41) is 2.86. The number of nitrogens with zero attached hydrogens (tertiary/aromatic N) is 3. The molecular formula is C19H22N4O2. The molecule has 2 heterocycles. The van der Waals surface area contributed by atoms with Gasteiger partial charge in [0.1, 0.15) is 11.7 Å². The Balaban J connectivity index is 1.98. The number of aromatic nitrogens is 1. The predicted molar refractivity (Wildman–Crippen MR) is 96.5 cm³/mol. The van der Waals surface area contributed by atoms with Crippen LogP contribution in [-0.2, 0) is 4.79 Å². The Labute approximate surface area is 147 Å². The lowest BCUT2D eigenvalue weighted by Crippen LogP contribution is -2.52. The number of hydrogen-bond acceptors (Lipinski definition) is 4. The van der Waals surface area contributed by atoms with Gasteiger partial charge in [-0.2, -0.15) is 0 Å². The number of carbonyl (C=O) groups excluding carboxylic acids is 2. The first-order chi connectivity index (χ1) is 12.0. The standard InChI is InChI=1S/C19H22N4O2/c1-13-6-4-5-7-15(13)17-18(24)21-10-11-23(17)19(25)16-12-14(22(2)3)8-9-20-16/h4-9,12,17H,10-11H2,1-3H3,(H,21,24)/t17-/m0/s1. The molecule has 0 spiro atoms. The molecule has 6 heteroatoms. The van der Waals surface area contributed by atoms with E-state index in [-0.39, 0.29) is 11.8 Å². The molecule has 130 valence electrons. The summed E-state index contributed by atoms with van der Waals surface area (Å²) < 4.78 is 0. The third-order valence-electron chi connectivity index (χ3n) is 4.43. The van der Waals surface area contributed by atoms with E-state index in [0.717, 1.165) is 16.8 Å². The number of benzene rings is 1. The quantitative estimate of drug-likeness (QED) is 0.926. The smallest absolute Gasteiger partial charge is 0.273 e. The summed E-state index contributed by atoms with van der Waals surface area (Å²) in [6.45, 7) is 2.85. The molecule has 0 radical (unpaired) electrons. The lowest BCUT2D eigenvalue weighted by molar-refractivity contribution is -0.128. The number of rotatable bonds is 3. The highest BCUT2D eigenvalue weighted by atomic mass is 16.2. The van der Waals surface area contributed by atoms with Crippen molar-refractivity contribution in [3.05, 3.63) is 59.4 Å². The lowest BCUT2D eigenvalue weighted by Gasteiger charge is -2.35. The first-order valence-corrected chi connectivity index (χ1v) is 8.26. The molecule has 0 bridgehead atoms. The van der Waals surface area contributed by atoms with E-state index in [9.17, 15) is 9.59 Å². The second-order valence-corrected chi connectivity index (χ2v) is 6.34. The number of pyridine rings is 1. The third-order valence-corrected chi connectivity index (χ3v) is 4.43. The number of piperazine rings is 1. The van der Waals surface area contributed by atoms with Gasteiger partial charge in [-0.05, 0) is 30.2 Å². The molecule has 1 aliphatic rings. The Morgan fingerprint density at radius 1 is 1.28 bits per heavy atom. The second-order valence-electron chi connectivity index (χ2n) is 6.34. The molecule has 2 amide bonds. The highest BCUT2D eigenvalue weighted by Gasteiger charge is 2.36. The minimum Gasteiger partial charge on any atom is -0.378 e. The van der Waals surface area contributed by atoms with Gasteiger partial charge < -0.3 is 15.1 Å².